The summed E-state index contributed by atoms with van der Waals surface area (Å²) >= 11 is 6.46. The maximum Gasteiger partial charge on any atom is 0.226 e. The minimum atomic E-state index is -0.127. The Morgan fingerprint density at radius 3 is 2.58 bits per heavy atom. The number of rotatable bonds is 9. The van der Waals surface area contributed by atoms with Crippen LogP contribution in [0.5, 0.6) is 11.5 Å². The van der Waals surface area contributed by atoms with Gasteiger partial charge in [-0.2, -0.15) is 0 Å². The summed E-state index contributed by atoms with van der Waals surface area (Å²) in [5.74, 6) is 1.64. The quantitative estimate of drug-likeness (QED) is 0.596. The van der Waals surface area contributed by atoms with Crippen LogP contribution in [-0.2, 0) is 17.9 Å². The zero-order chi connectivity index (χ0) is 22.2. The Morgan fingerprint density at radius 2 is 1.84 bits per heavy atom. The molecule has 0 saturated heterocycles. The smallest absolute Gasteiger partial charge is 0.226 e. The zero-order valence-electron chi connectivity index (χ0n) is 18.7. The first-order valence-corrected chi connectivity index (χ1v) is 11.4. The van der Waals surface area contributed by atoms with Gasteiger partial charge < -0.3 is 19.7 Å². The highest BCUT2D eigenvalue weighted by molar-refractivity contribution is 6.32. The van der Waals surface area contributed by atoms with Gasteiger partial charge in [-0.1, -0.05) is 62.7 Å². The fraction of sp³-hybridized carbons (Fsp3) is 0.480. The lowest BCUT2D eigenvalue weighted by Gasteiger charge is -2.28. The number of amides is 1. The Kier molecular flexibility index (Phi) is 8.61. The van der Waals surface area contributed by atoms with Crippen molar-refractivity contribution in [3.63, 3.8) is 0 Å². The molecule has 2 aromatic carbocycles. The third kappa shape index (κ3) is 6.88. The molecule has 6 heteroatoms. The Labute approximate surface area is 190 Å². The standard InChI is InChI=1S/C25H33ClN2O3/c1-18(2)16-28(25(29)19(3)14-27-15-20-8-5-4-6-9-20)17-21-12-22(26)24-23(13-21)30-10-7-11-31-24/h4-6,8-9,12-13,18-19,27H,7,10-11,14-17H2,1-3H3. The highest BCUT2D eigenvalue weighted by atomic mass is 35.5. The molecule has 0 aromatic heterocycles. The van der Waals surface area contributed by atoms with Crippen molar-refractivity contribution in [2.45, 2.75) is 40.3 Å². The number of hydrogen-bond acceptors (Lipinski definition) is 4. The number of nitrogens with zero attached hydrogens (tertiary/aromatic N) is 1. The van der Waals surface area contributed by atoms with E-state index >= 15 is 0 Å². The van der Waals surface area contributed by atoms with E-state index in [1.807, 2.05) is 42.2 Å². The Bertz CT molecular complexity index is 857. The maximum absolute atomic E-state index is 13.3. The van der Waals surface area contributed by atoms with E-state index in [9.17, 15) is 4.79 Å². The van der Waals surface area contributed by atoms with Crippen molar-refractivity contribution in [1.82, 2.24) is 10.2 Å². The summed E-state index contributed by atoms with van der Waals surface area (Å²) in [4.78, 5) is 15.2. The van der Waals surface area contributed by atoms with Gasteiger partial charge in [0.25, 0.3) is 0 Å². The van der Waals surface area contributed by atoms with E-state index in [1.165, 1.54) is 5.56 Å². The monoisotopic (exact) mass is 444 g/mol. The van der Waals surface area contributed by atoms with E-state index in [0.717, 1.165) is 18.5 Å². The first-order valence-electron chi connectivity index (χ1n) is 11.1. The van der Waals surface area contributed by atoms with Crippen LogP contribution in [0.2, 0.25) is 5.02 Å². The number of benzene rings is 2. The SMILES string of the molecule is CC(C)CN(Cc1cc(Cl)c2c(c1)OCCCO2)C(=O)C(C)CNCc1ccccc1. The predicted molar refractivity (Wildman–Crippen MR) is 125 cm³/mol. The molecule has 1 atom stereocenters. The predicted octanol–water partition coefficient (Wildman–Crippen LogP) is 4.91. The third-order valence-corrected chi connectivity index (χ3v) is 5.46. The molecule has 0 bridgehead atoms. The van der Waals surface area contributed by atoms with Crippen molar-refractivity contribution in [2.24, 2.45) is 11.8 Å². The van der Waals surface area contributed by atoms with E-state index in [0.29, 0.717) is 55.3 Å². The van der Waals surface area contributed by atoms with Crippen LogP contribution in [0.15, 0.2) is 42.5 Å². The summed E-state index contributed by atoms with van der Waals surface area (Å²) in [6.45, 7) is 9.99. The first kappa shape index (κ1) is 23.4. The zero-order valence-corrected chi connectivity index (χ0v) is 19.5. The molecule has 1 amide bonds. The first-order chi connectivity index (χ1) is 14.9. The van der Waals surface area contributed by atoms with Gasteiger partial charge in [-0.05, 0) is 29.2 Å². The van der Waals surface area contributed by atoms with Crippen LogP contribution in [0.3, 0.4) is 0 Å². The Balaban J connectivity index is 1.65. The minimum Gasteiger partial charge on any atom is -0.489 e. The van der Waals surface area contributed by atoms with Gasteiger partial charge in [0, 0.05) is 38.5 Å². The fourth-order valence-electron chi connectivity index (χ4n) is 3.70. The van der Waals surface area contributed by atoms with Crippen LogP contribution in [0.25, 0.3) is 0 Å². The van der Waals surface area contributed by atoms with Gasteiger partial charge in [-0.15, -0.1) is 0 Å². The second kappa shape index (κ2) is 11.4. The van der Waals surface area contributed by atoms with Gasteiger partial charge in [0.2, 0.25) is 5.91 Å². The second-order valence-corrected chi connectivity index (χ2v) is 8.99. The second-order valence-electron chi connectivity index (χ2n) is 8.59. The van der Waals surface area contributed by atoms with Crippen molar-refractivity contribution in [2.75, 3.05) is 26.3 Å². The van der Waals surface area contributed by atoms with Crippen molar-refractivity contribution in [3.05, 3.63) is 58.6 Å². The summed E-state index contributed by atoms with van der Waals surface area (Å²) in [7, 11) is 0. The summed E-state index contributed by atoms with van der Waals surface area (Å²) in [6.07, 6.45) is 0.825. The number of ether oxygens (including phenoxy) is 2. The summed E-state index contributed by atoms with van der Waals surface area (Å²) < 4.78 is 11.5. The lowest BCUT2D eigenvalue weighted by atomic mass is 10.1. The maximum atomic E-state index is 13.3. The minimum absolute atomic E-state index is 0.127. The van der Waals surface area contributed by atoms with Crippen LogP contribution in [0.4, 0.5) is 0 Å². The number of hydrogen-bond donors (Lipinski definition) is 1. The molecule has 0 radical (unpaired) electrons. The number of halogens is 1. The highest BCUT2D eigenvalue weighted by Crippen LogP contribution is 2.38. The number of fused-ring (bicyclic) bond motifs is 1. The average Bonchev–Trinajstić information content (AvgIpc) is 2.99. The van der Waals surface area contributed by atoms with Crippen LogP contribution < -0.4 is 14.8 Å². The molecule has 0 fully saturated rings. The van der Waals surface area contributed by atoms with Gasteiger partial charge >= 0.3 is 0 Å². The molecule has 31 heavy (non-hydrogen) atoms. The molecule has 168 valence electrons. The summed E-state index contributed by atoms with van der Waals surface area (Å²) in [6, 6.07) is 14.1. The van der Waals surface area contributed by atoms with E-state index in [4.69, 9.17) is 21.1 Å². The van der Waals surface area contributed by atoms with Gasteiger partial charge in [0.05, 0.1) is 18.2 Å². The van der Waals surface area contributed by atoms with Crippen molar-refractivity contribution in [1.29, 1.82) is 0 Å². The normalized spacial score (nSPS) is 14.2. The molecule has 0 aliphatic carbocycles. The van der Waals surface area contributed by atoms with Crippen molar-refractivity contribution in [3.8, 4) is 11.5 Å². The lowest BCUT2D eigenvalue weighted by molar-refractivity contribution is -0.136. The molecule has 1 aliphatic rings. The number of carbonyl (C=O) groups excluding carboxylic acids is 1. The van der Waals surface area contributed by atoms with Crippen LogP contribution in [-0.4, -0.2) is 37.1 Å². The van der Waals surface area contributed by atoms with Gasteiger partial charge in [0.15, 0.2) is 11.5 Å². The Hall–Kier alpha value is -2.24. The summed E-state index contributed by atoms with van der Waals surface area (Å²) in [5.41, 5.74) is 2.16. The van der Waals surface area contributed by atoms with Crippen molar-refractivity contribution >= 4 is 17.5 Å². The molecule has 2 aromatic rings. The molecule has 0 spiro atoms. The van der Waals surface area contributed by atoms with E-state index in [-0.39, 0.29) is 11.8 Å². The molecule has 1 N–H and O–H groups in total. The van der Waals surface area contributed by atoms with Gasteiger partial charge in [0.1, 0.15) is 0 Å². The molecule has 1 heterocycles. The third-order valence-electron chi connectivity index (χ3n) is 5.18. The van der Waals surface area contributed by atoms with Crippen LogP contribution >= 0.6 is 11.6 Å². The molecule has 1 unspecified atom stereocenters. The topological polar surface area (TPSA) is 50.8 Å². The molecule has 5 nitrogen and oxygen atoms in total. The van der Waals surface area contributed by atoms with Gasteiger partial charge in [-0.3, -0.25) is 4.79 Å². The largest absolute Gasteiger partial charge is 0.489 e. The fourth-order valence-corrected chi connectivity index (χ4v) is 3.98. The van der Waals surface area contributed by atoms with E-state index in [2.05, 4.69) is 31.3 Å². The molecular weight excluding hydrogens is 412 g/mol. The molecular formula is C25H33ClN2O3. The van der Waals surface area contributed by atoms with E-state index < -0.39 is 0 Å². The average molecular weight is 445 g/mol. The highest BCUT2D eigenvalue weighted by Gasteiger charge is 2.23. The Morgan fingerprint density at radius 1 is 1.10 bits per heavy atom. The molecule has 3 rings (SSSR count). The van der Waals surface area contributed by atoms with E-state index in [1.54, 1.807) is 0 Å². The number of carbonyl (C=O) groups is 1. The van der Waals surface area contributed by atoms with Gasteiger partial charge in [-0.25, -0.2) is 0 Å². The summed E-state index contributed by atoms with van der Waals surface area (Å²) in [5, 5.41) is 3.94. The van der Waals surface area contributed by atoms with Crippen molar-refractivity contribution < 1.29 is 14.3 Å². The lowest BCUT2D eigenvalue weighted by Crippen LogP contribution is -2.40. The molecule has 0 saturated carbocycles. The van der Waals surface area contributed by atoms with Crippen LogP contribution in [0.1, 0.15) is 38.3 Å². The van der Waals surface area contributed by atoms with Crippen LogP contribution in [0, 0.1) is 11.8 Å². The number of nitrogens with one attached hydrogen (secondary N) is 1. The molecule has 1 aliphatic heterocycles.